The Balaban J connectivity index is 1.56. The maximum atomic E-state index is 13.1. The fourth-order valence-corrected chi connectivity index (χ4v) is 3.00. The van der Waals surface area contributed by atoms with Crippen molar-refractivity contribution in [3.8, 4) is 11.4 Å². The number of anilines is 1. The van der Waals surface area contributed by atoms with E-state index in [4.69, 9.17) is 4.74 Å². The molecule has 1 aliphatic rings. The molecule has 1 amide bonds. The van der Waals surface area contributed by atoms with E-state index in [0.717, 1.165) is 11.8 Å². The predicted octanol–water partition coefficient (Wildman–Crippen LogP) is 2.43. The van der Waals surface area contributed by atoms with E-state index in [0.29, 0.717) is 43.2 Å². The van der Waals surface area contributed by atoms with E-state index in [-0.39, 0.29) is 0 Å². The van der Waals surface area contributed by atoms with E-state index in [1.165, 1.54) is 0 Å². The Morgan fingerprint density at radius 1 is 1.21 bits per heavy atom. The molecule has 1 aromatic carbocycles. The number of hydrogen-bond acceptors (Lipinski definition) is 5. The molecule has 0 spiro atoms. The minimum Gasteiger partial charge on any atom is -0.372 e. The van der Waals surface area contributed by atoms with Crippen LogP contribution in [0.15, 0.2) is 41.3 Å². The molecule has 3 aromatic rings. The van der Waals surface area contributed by atoms with Gasteiger partial charge in [-0.3, -0.25) is 9.59 Å². The number of fused-ring (bicyclic) bond motifs is 1. The van der Waals surface area contributed by atoms with Crippen LogP contribution >= 0.6 is 0 Å². The molecular weight excluding hydrogens is 391 g/mol. The number of H-pyrrole nitrogens is 1. The number of hydrogen-bond donors (Lipinski definition) is 2. The molecule has 11 heteroatoms. The number of alkyl halides is 3. The van der Waals surface area contributed by atoms with Crippen LogP contribution in [0.4, 0.5) is 18.9 Å². The van der Waals surface area contributed by atoms with Crippen LogP contribution in [-0.2, 0) is 24.1 Å². The zero-order valence-electron chi connectivity index (χ0n) is 14.8. The molecule has 0 atom stereocenters. The number of nitrogens with one attached hydrogen (secondary N) is 2. The number of aromatic nitrogens is 4. The van der Waals surface area contributed by atoms with Gasteiger partial charge in [0.2, 0.25) is 5.56 Å². The van der Waals surface area contributed by atoms with Gasteiger partial charge in [-0.25, -0.2) is 0 Å². The van der Waals surface area contributed by atoms with Crippen molar-refractivity contribution in [3.63, 3.8) is 0 Å². The topological polar surface area (TPSA) is 102 Å². The van der Waals surface area contributed by atoms with Crippen LogP contribution in [0.25, 0.3) is 11.4 Å². The van der Waals surface area contributed by atoms with Crippen molar-refractivity contribution in [1.29, 1.82) is 0 Å². The first kappa shape index (κ1) is 18.9. The molecule has 29 heavy (non-hydrogen) atoms. The number of carbonyl (C=O) groups excluding carboxylic acids is 1. The van der Waals surface area contributed by atoms with Gasteiger partial charge in [0.05, 0.1) is 17.7 Å². The number of pyridine rings is 1. The summed E-state index contributed by atoms with van der Waals surface area (Å²) in [5.41, 5.74) is -1.89. The lowest BCUT2D eigenvalue weighted by atomic mass is 10.1. The molecule has 3 heterocycles. The van der Waals surface area contributed by atoms with Crippen LogP contribution in [0.5, 0.6) is 0 Å². The summed E-state index contributed by atoms with van der Waals surface area (Å²) in [5.74, 6) is 0.362. The van der Waals surface area contributed by atoms with E-state index in [9.17, 15) is 22.8 Å². The van der Waals surface area contributed by atoms with Gasteiger partial charge in [0.25, 0.3) is 5.91 Å². The molecule has 4 rings (SSSR count). The fraction of sp³-hybridized carbons (Fsp3) is 0.222. The van der Waals surface area contributed by atoms with E-state index in [1.54, 1.807) is 24.3 Å². The average molecular weight is 405 g/mol. The summed E-state index contributed by atoms with van der Waals surface area (Å²) >= 11 is 0. The lowest BCUT2D eigenvalue weighted by molar-refractivity contribution is -0.138. The average Bonchev–Trinajstić information content (AvgIpc) is 3.12. The normalized spacial score (nSPS) is 13.8. The molecule has 150 valence electrons. The third-order valence-electron chi connectivity index (χ3n) is 4.39. The highest BCUT2D eigenvalue weighted by Crippen LogP contribution is 2.31. The molecule has 0 aliphatic carbocycles. The maximum Gasteiger partial charge on any atom is 0.417 e. The Kier molecular flexibility index (Phi) is 4.66. The van der Waals surface area contributed by atoms with Gasteiger partial charge in [-0.05, 0) is 24.3 Å². The minimum absolute atomic E-state index is 0.291. The van der Waals surface area contributed by atoms with Crippen LogP contribution in [-0.4, -0.2) is 32.3 Å². The summed E-state index contributed by atoms with van der Waals surface area (Å²) in [7, 11) is 0. The van der Waals surface area contributed by atoms with Gasteiger partial charge < -0.3 is 19.6 Å². The SMILES string of the molecule is O=C(Nc1ccc(-c2nnc3n2CCOC3)cc1)c1c[nH]c(=O)cc1C(F)(F)F. The molecule has 0 saturated heterocycles. The second-order valence-corrected chi connectivity index (χ2v) is 6.30. The van der Waals surface area contributed by atoms with Crippen molar-refractivity contribution >= 4 is 11.6 Å². The Morgan fingerprint density at radius 3 is 2.69 bits per heavy atom. The van der Waals surface area contributed by atoms with Gasteiger partial charge in [0.1, 0.15) is 6.61 Å². The predicted molar refractivity (Wildman–Crippen MR) is 95.1 cm³/mol. The van der Waals surface area contributed by atoms with E-state index >= 15 is 0 Å². The number of aromatic amines is 1. The van der Waals surface area contributed by atoms with Crippen molar-refractivity contribution in [1.82, 2.24) is 19.7 Å². The monoisotopic (exact) mass is 405 g/mol. The van der Waals surface area contributed by atoms with Gasteiger partial charge in [0, 0.05) is 30.1 Å². The number of rotatable bonds is 3. The van der Waals surface area contributed by atoms with Crippen LogP contribution in [0.3, 0.4) is 0 Å². The van der Waals surface area contributed by atoms with E-state index in [2.05, 4.69) is 20.5 Å². The number of halogens is 3. The van der Waals surface area contributed by atoms with Gasteiger partial charge >= 0.3 is 6.18 Å². The quantitative estimate of drug-likeness (QED) is 0.697. The molecule has 1 aliphatic heterocycles. The second kappa shape index (κ2) is 7.17. The molecule has 2 N–H and O–H groups in total. The third kappa shape index (κ3) is 3.76. The number of nitrogens with zero attached hydrogens (tertiary/aromatic N) is 3. The Morgan fingerprint density at radius 2 is 1.97 bits per heavy atom. The number of amides is 1. The first-order chi connectivity index (χ1) is 13.8. The highest BCUT2D eigenvalue weighted by molar-refractivity contribution is 6.05. The molecule has 0 unspecified atom stereocenters. The van der Waals surface area contributed by atoms with Crippen molar-refractivity contribution in [2.45, 2.75) is 19.3 Å². The van der Waals surface area contributed by atoms with Crippen molar-refractivity contribution in [2.75, 3.05) is 11.9 Å². The minimum atomic E-state index is -4.83. The Bertz CT molecular complexity index is 1120. The van der Waals surface area contributed by atoms with Crippen molar-refractivity contribution in [2.24, 2.45) is 0 Å². The summed E-state index contributed by atoms with van der Waals surface area (Å²) in [5, 5.41) is 10.6. The summed E-state index contributed by atoms with van der Waals surface area (Å²) < 4.78 is 46.6. The molecule has 8 nitrogen and oxygen atoms in total. The summed E-state index contributed by atoms with van der Waals surface area (Å²) in [4.78, 5) is 25.6. The van der Waals surface area contributed by atoms with E-state index < -0.39 is 28.8 Å². The Hall–Kier alpha value is -3.47. The standard InChI is InChI=1S/C18H14F3N5O3/c19-18(20,21)13-7-15(27)22-8-12(13)17(28)23-11-3-1-10(2-4-11)16-25-24-14-9-29-6-5-26(14)16/h1-4,7-8H,5-6,9H2,(H,22,27)(H,23,28). The third-order valence-corrected chi connectivity index (χ3v) is 4.39. The number of carbonyl (C=O) groups is 1. The van der Waals surface area contributed by atoms with Crippen LogP contribution in [0.2, 0.25) is 0 Å². The van der Waals surface area contributed by atoms with Gasteiger partial charge in [0.15, 0.2) is 11.6 Å². The first-order valence-electron chi connectivity index (χ1n) is 8.54. The first-order valence-corrected chi connectivity index (χ1v) is 8.54. The summed E-state index contributed by atoms with van der Waals surface area (Å²) in [6, 6.07) is 6.82. The molecular formula is C18H14F3N5O3. The van der Waals surface area contributed by atoms with Crippen LogP contribution in [0.1, 0.15) is 21.7 Å². The van der Waals surface area contributed by atoms with E-state index in [1.807, 2.05) is 4.57 Å². The van der Waals surface area contributed by atoms with Gasteiger partial charge in [-0.2, -0.15) is 13.2 Å². The molecule has 0 fully saturated rings. The molecule has 0 saturated carbocycles. The van der Waals surface area contributed by atoms with Gasteiger partial charge in [-0.1, -0.05) is 0 Å². The molecule has 0 bridgehead atoms. The lowest BCUT2D eigenvalue weighted by Gasteiger charge is -2.15. The lowest BCUT2D eigenvalue weighted by Crippen LogP contribution is -2.22. The van der Waals surface area contributed by atoms with Gasteiger partial charge in [-0.15, -0.1) is 10.2 Å². The number of ether oxygens (including phenoxy) is 1. The largest absolute Gasteiger partial charge is 0.417 e. The highest BCUT2D eigenvalue weighted by atomic mass is 19.4. The van der Waals surface area contributed by atoms with Crippen LogP contribution in [0, 0.1) is 0 Å². The van der Waals surface area contributed by atoms with Crippen LogP contribution < -0.4 is 10.9 Å². The second-order valence-electron chi connectivity index (χ2n) is 6.30. The zero-order valence-corrected chi connectivity index (χ0v) is 14.8. The molecule has 2 aromatic heterocycles. The summed E-state index contributed by atoms with van der Waals surface area (Å²) in [6.07, 6.45) is -4.08. The zero-order chi connectivity index (χ0) is 20.6. The Labute approximate surface area is 161 Å². The number of benzene rings is 1. The van der Waals surface area contributed by atoms with Crippen molar-refractivity contribution in [3.05, 3.63) is 63.8 Å². The molecule has 0 radical (unpaired) electrons. The van der Waals surface area contributed by atoms with Crippen molar-refractivity contribution < 1.29 is 22.7 Å². The smallest absolute Gasteiger partial charge is 0.372 e. The maximum absolute atomic E-state index is 13.1. The summed E-state index contributed by atoms with van der Waals surface area (Å²) in [6.45, 7) is 1.54. The highest BCUT2D eigenvalue weighted by Gasteiger charge is 2.35. The fourth-order valence-electron chi connectivity index (χ4n) is 3.00.